The van der Waals surface area contributed by atoms with Crippen molar-refractivity contribution in [2.24, 2.45) is 0 Å². The molecule has 0 unspecified atom stereocenters. The summed E-state index contributed by atoms with van der Waals surface area (Å²) in [6.07, 6.45) is 0.859. The molecule has 1 aliphatic rings. The average Bonchev–Trinajstić information content (AvgIpc) is 2.97. The summed E-state index contributed by atoms with van der Waals surface area (Å²) < 4.78 is 0. The van der Waals surface area contributed by atoms with Gasteiger partial charge in [-0.3, -0.25) is 14.9 Å². The van der Waals surface area contributed by atoms with E-state index in [0.717, 1.165) is 17.7 Å². The zero-order valence-electron chi connectivity index (χ0n) is 12.8. The van der Waals surface area contributed by atoms with E-state index in [9.17, 15) is 14.9 Å². The molecule has 1 amide bonds. The van der Waals surface area contributed by atoms with E-state index in [1.54, 1.807) is 11.0 Å². The zero-order chi connectivity index (χ0) is 16.4. The van der Waals surface area contributed by atoms with Crippen LogP contribution in [0, 0.1) is 17.0 Å². The molecule has 1 heterocycles. The molecule has 0 atom stereocenters. The second-order valence-electron chi connectivity index (χ2n) is 5.53. The van der Waals surface area contributed by atoms with Crippen molar-refractivity contribution in [2.75, 3.05) is 23.3 Å². The van der Waals surface area contributed by atoms with E-state index in [1.807, 2.05) is 31.2 Å². The number of rotatable bonds is 4. The molecule has 0 aliphatic carbocycles. The summed E-state index contributed by atoms with van der Waals surface area (Å²) in [6, 6.07) is 12.5. The van der Waals surface area contributed by atoms with Crippen LogP contribution in [0.15, 0.2) is 42.5 Å². The zero-order valence-corrected chi connectivity index (χ0v) is 12.8. The SMILES string of the molecule is Cc1ccc([N+](=O)[O-])cc1NCC(=O)N1CCc2ccccc21. The number of carbonyl (C=O) groups is 1. The Morgan fingerprint density at radius 2 is 2.09 bits per heavy atom. The first kappa shape index (κ1) is 15.0. The summed E-state index contributed by atoms with van der Waals surface area (Å²) in [4.78, 5) is 24.6. The Balaban J connectivity index is 1.71. The highest BCUT2D eigenvalue weighted by Gasteiger charge is 2.23. The summed E-state index contributed by atoms with van der Waals surface area (Å²) in [5.74, 6) is -0.0409. The first-order valence-electron chi connectivity index (χ1n) is 7.43. The smallest absolute Gasteiger partial charge is 0.271 e. The number of fused-ring (bicyclic) bond motifs is 1. The van der Waals surface area contributed by atoms with Crippen LogP contribution in [0.5, 0.6) is 0 Å². The maximum absolute atomic E-state index is 12.4. The monoisotopic (exact) mass is 311 g/mol. The lowest BCUT2D eigenvalue weighted by Crippen LogP contribution is -2.34. The van der Waals surface area contributed by atoms with Crippen LogP contribution in [0.25, 0.3) is 0 Å². The Morgan fingerprint density at radius 1 is 1.30 bits per heavy atom. The van der Waals surface area contributed by atoms with Crippen molar-refractivity contribution in [1.29, 1.82) is 0 Å². The summed E-state index contributed by atoms with van der Waals surface area (Å²) in [5, 5.41) is 13.9. The molecule has 3 rings (SSSR count). The van der Waals surface area contributed by atoms with Gasteiger partial charge in [0.05, 0.1) is 11.5 Å². The molecule has 2 aromatic carbocycles. The minimum absolute atomic E-state index is 0.0112. The van der Waals surface area contributed by atoms with Crippen LogP contribution in [0.2, 0.25) is 0 Å². The van der Waals surface area contributed by atoms with Crippen molar-refractivity contribution in [3.63, 3.8) is 0 Å². The number of amides is 1. The van der Waals surface area contributed by atoms with Crippen molar-refractivity contribution in [3.05, 3.63) is 63.7 Å². The highest BCUT2D eigenvalue weighted by molar-refractivity contribution is 5.98. The van der Waals surface area contributed by atoms with Gasteiger partial charge in [0.25, 0.3) is 5.69 Å². The maximum Gasteiger partial charge on any atom is 0.271 e. The predicted molar refractivity (Wildman–Crippen MR) is 88.8 cm³/mol. The van der Waals surface area contributed by atoms with Crippen molar-refractivity contribution in [1.82, 2.24) is 0 Å². The summed E-state index contributed by atoms with van der Waals surface area (Å²) in [7, 11) is 0. The van der Waals surface area contributed by atoms with Crippen LogP contribution in [-0.2, 0) is 11.2 Å². The number of para-hydroxylation sites is 1. The van der Waals surface area contributed by atoms with Gasteiger partial charge in [0, 0.05) is 30.1 Å². The highest BCUT2D eigenvalue weighted by atomic mass is 16.6. The van der Waals surface area contributed by atoms with Crippen LogP contribution >= 0.6 is 0 Å². The number of hydrogen-bond acceptors (Lipinski definition) is 4. The lowest BCUT2D eigenvalue weighted by atomic mass is 10.2. The van der Waals surface area contributed by atoms with E-state index in [4.69, 9.17) is 0 Å². The fraction of sp³-hybridized carbons (Fsp3) is 0.235. The molecular weight excluding hydrogens is 294 g/mol. The fourth-order valence-corrected chi connectivity index (χ4v) is 2.78. The minimum Gasteiger partial charge on any atom is -0.376 e. The second-order valence-corrected chi connectivity index (χ2v) is 5.53. The molecule has 2 aromatic rings. The van der Waals surface area contributed by atoms with Gasteiger partial charge < -0.3 is 10.2 Å². The lowest BCUT2D eigenvalue weighted by Gasteiger charge is -2.18. The van der Waals surface area contributed by atoms with E-state index in [0.29, 0.717) is 12.2 Å². The Kier molecular flexibility index (Phi) is 3.97. The number of hydrogen-bond donors (Lipinski definition) is 1. The van der Waals surface area contributed by atoms with Crippen molar-refractivity contribution < 1.29 is 9.72 Å². The first-order chi connectivity index (χ1) is 11.1. The van der Waals surface area contributed by atoms with Gasteiger partial charge in [0.1, 0.15) is 0 Å². The Hall–Kier alpha value is -2.89. The topological polar surface area (TPSA) is 75.5 Å². The van der Waals surface area contributed by atoms with E-state index < -0.39 is 4.92 Å². The number of anilines is 2. The second kappa shape index (κ2) is 6.08. The van der Waals surface area contributed by atoms with Gasteiger partial charge in [-0.2, -0.15) is 0 Å². The minimum atomic E-state index is -0.441. The number of carbonyl (C=O) groups excluding carboxylic acids is 1. The third kappa shape index (κ3) is 3.01. The lowest BCUT2D eigenvalue weighted by molar-refractivity contribution is -0.384. The standard InChI is InChI=1S/C17H17N3O3/c1-12-6-7-14(20(22)23)10-15(12)18-11-17(21)19-9-8-13-4-2-3-5-16(13)19/h2-7,10,18H,8-9,11H2,1H3. The molecule has 0 spiro atoms. The number of nitro benzene ring substituents is 1. The summed E-state index contributed by atoms with van der Waals surface area (Å²) in [5.41, 5.74) is 3.62. The van der Waals surface area contributed by atoms with Gasteiger partial charge in [-0.1, -0.05) is 24.3 Å². The molecule has 1 aliphatic heterocycles. The fourth-order valence-electron chi connectivity index (χ4n) is 2.78. The average molecular weight is 311 g/mol. The maximum atomic E-state index is 12.4. The summed E-state index contributed by atoms with van der Waals surface area (Å²) in [6.45, 7) is 2.63. The van der Waals surface area contributed by atoms with E-state index in [1.165, 1.54) is 17.7 Å². The van der Waals surface area contributed by atoms with Gasteiger partial charge in [-0.05, 0) is 30.5 Å². The molecule has 23 heavy (non-hydrogen) atoms. The molecular formula is C17H17N3O3. The molecule has 0 aromatic heterocycles. The van der Waals surface area contributed by atoms with Crippen LogP contribution in [0.3, 0.4) is 0 Å². The van der Waals surface area contributed by atoms with Gasteiger partial charge in [0.2, 0.25) is 5.91 Å². The van der Waals surface area contributed by atoms with Crippen LogP contribution in [0.1, 0.15) is 11.1 Å². The number of aryl methyl sites for hydroxylation is 1. The van der Waals surface area contributed by atoms with Gasteiger partial charge in [-0.25, -0.2) is 0 Å². The molecule has 1 N–H and O–H groups in total. The molecule has 6 nitrogen and oxygen atoms in total. The molecule has 6 heteroatoms. The van der Waals surface area contributed by atoms with Crippen LogP contribution in [-0.4, -0.2) is 23.9 Å². The van der Waals surface area contributed by atoms with Gasteiger partial charge in [0.15, 0.2) is 0 Å². The molecule has 118 valence electrons. The third-order valence-corrected chi connectivity index (χ3v) is 4.05. The predicted octanol–water partition coefficient (Wildman–Crippen LogP) is 2.90. The number of non-ortho nitro benzene ring substituents is 1. The number of nitro groups is 1. The quantitative estimate of drug-likeness (QED) is 0.696. The van der Waals surface area contributed by atoms with Crippen LogP contribution < -0.4 is 10.2 Å². The Bertz CT molecular complexity index is 773. The van der Waals surface area contributed by atoms with E-state index in [-0.39, 0.29) is 18.1 Å². The third-order valence-electron chi connectivity index (χ3n) is 4.05. The normalized spacial score (nSPS) is 12.8. The van der Waals surface area contributed by atoms with E-state index >= 15 is 0 Å². The highest BCUT2D eigenvalue weighted by Crippen LogP contribution is 2.27. The number of nitrogens with one attached hydrogen (secondary N) is 1. The van der Waals surface area contributed by atoms with Crippen molar-refractivity contribution in [3.8, 4) is 0 Å². The molecule has 0 fully saturated rings. The molecule has 0 bridgehead atoms. The molecule has 0 saturated heterocycles. The molecule has 0 saturated carbocycles. The van der Waals surface area contributed by atoms with E-state index in [2.05, 4.69) is 5.32 Å². The Labute approximate surface area is 133 Å². The largest absolute Gasteiger partial charge is 0.376 e. The molecule has 0 radical (unpaired) electrons. The number of benzene rings is 2. The van der Waals surface area contributed by atoms with Gasteiger partial charge >= 0.3 is 0 Å². The van der Waals surface area contributed by atoms with Gasteiger partial charge in [-0.15, -0.1) is 0 Å². The van der Waals surface area contributed by atoms with Crippen molar-refractivity contribution >= 4 is 23.0 Å². The number of nitrogens with zero attached hydrogens (tertiary/aromatic N) is 2. The van der Waals surface area contributed by atoms with Crippen molar-refractivity contribution in [2.45, 2.75) is 13.3 Å². The Morgan fingerprint density at radius 3 is 2.87 bits per heavy atom. The first-order valence-corrected chi connectivity index (χ1v) is 7.43. The summed E-state index contributed by atoms with van der Waals surface area (Å²) >= 11 is 0. The van der Waals surface area contributed by atoms with Crippen LogP contribution in [0.4, 0.5) is 17.1 Å².